The van der Waals surface area contributed by atoms with Crippen molar-refractivity contribution in [2.75, 3.05) is 19.7 Å². The Balaban J connectivity index is 2.33. The molecule has 0 aromatic heterocycles. The van der Waals surface area contributed by atoms with Crippen LogP contribution in [-0.2, 0) is 0 Å². The largest absolute Gasteiger partial charge is 0.493 e. The van der Waals surface area contributed by atoms with Crippen LogP contribution in [0.4, 0.5) is 0 Å². The molecular formula is C16H26BrNO. The van der Waals surface area contributed by atoms with Crippen LogP contribution in [-0.4, -0.2) is 19.7 Å². The minimum Gasteiger partial charge on any atom is -0.493 e. The van der Waals surface area contributed by atoms with Crippen LogP contribution >= 0.6 is 15.9 Å². The topological polar surface area (TPSA) is 21.3 Å². The Morgan fingerprint density at radius 1 is 1.21 bits per heavy atom. The fraction of sp³-hybridized carbons (Fsp3) is 0.625. The summed E-state index contributed by atoms with van der Waals surface area (Å²) in [5.41, 5.74) is 1.28. The zero-order valence-electron chi connectivity index (χ0n) is 12.3. The fourth-order valence-corrected chi connectivity index (χ4v) is 2.32. The first-order chi connectivity index (χ1) is 9.15. The quantitative estimate of drug-likeness (QED) is 0.662. The van der Waals surface area contributed by atoms with Crippen molar-refractivity contribution in [3.05, 3.63) is 28.2 Å². The predicted molar refractivity (Wildman–Crippen MR) is 86.1 cm³/mol. The van der Waals surface area contributed by atoms with E-state index in [1.54, 1.807) is 0 Å². The van der Waals surface area contributed by atoms with Gasteiger partial charge in [-0.2, -0.15) is 0 Å². The molecule has 2 nitrogen and oxygen atoms in total. The van der Waals surface area contributed by atoms with Gasteiger partial charge < -0.3 is 10.1 Å². The first-order valence-electron chi connectivity index (χ1n) is 7.28. The Kier molecular flexibility index (Phi) is 8.15. The van der Waals surface area contributed by atoms with Gasteiger partial charge in [-0.05, 0) is 62.0 Å². The molecule has 108 valence electrons. The second kappa shape index (κ2) is 9.38. The Hall–Kier alpha value is -0.540. The summed E-state index contributed by atoms with van der Waals surface area (Å²) in [5.74, 6) is 1.51. The van der Waals surface area contributed by atoms with Crippen molar-refractivity contribution >= 4 is 15.9 Å². The molecule has 1 N–H and O–H groups in total. The summed E-state index contributed by atoms with van der Waals surface area (Å²) in [4.78, 5) is 0. The van der Waals surface area contributed by atoms with Gasteiger partial charge >= 0.3 is 0 Å². The van der Waals surface area contributed by atoms with E-state index in [-0.39, 0.29) is 0 Å². The third kappa shape index (κ3) is 6.44. The van der Waals surface area contributed by atoms with Crippen LogP contribution in [0, 0.1) is 0 Å². The van der Waals surface area contributed by atoms with E-state index in [0.717, 1.165) is 36.3 Å². The van der Waals surface area contributed by atoms with Crippen LogP contribution in [0.1, 0.15) is 51.5 Å². The van der Waals surface area contributed by atoms with Gasteiger partial charge in [-0.3, -0.25) is 0 Å². The predicted octanol–water partition coefficient (Wildman–Crippen LogP) is 4.73. The van der Waals surface area contributed by atoms with Crippen molar-refractivity contribution in [3.8, 4) is 5.75 Å². The Morgan fingerprint density at radius 2 is 2.00 bits per heavy atom. The smallest absolute Gasteiger partial charge is 0.122 e. The van der Waals surface area contributed by atoms with E-state index >= 15 is 0 Å². The minimum atomic E-state index is 0.485. The summed E-state index contributed by atoms with van der Waals surface area (Å²) in [6.45, 7) is 9.60. The summed E-state index contributed by atoms with van der Waals surface area (Å²) in [6, 6.07) is 6.27. The summed E-state index contributed by atoms with van der Waals surface area (Å²) in [7, 11) is 0. The van der Waals surface area contributed by atoms with E-state index in [0.29, 0.717) is 5.92 Å². The van der Waals surface area contributed by atoms with Gasteiger partial charge in [0.15, 0.2) is 0 Å². The van der Waals surface area contributed by atoms with Gasteiger partial charge in [0.1, 0.15) is 5.75 Å². The molecule has 0 bridgehead atoms. The van der Waals surface area contributed by atoms with Crippen LogP contribution in [0.3, 0.4) is 0 Å². The second-order valence-electron chi connectivity index (χ2n) is 5.14. The number of benzene rings is 1. The maximum Gasteiger partial charge on any atom is 0.122 e. The number of rotatable bonds is 9. The van der Waals surface area contributed by atoms with Crippen LogP contribution < -0.4 is 10.1 Å². The molecule has 19 heavy (non-hydrogen) atoms. The van der Waals surface area contributed by atoms with E-state index in [1.807, 2.05) is 6.07 Å². The van der Waals surface area contributed by atoms with Crippen LogP contribution in [0.5, 0.6) is 5.75 Å². The molecule has 0 saturated heterocycles. The molecule has 1 rings (SSSR count). The Bertz CT molecular complexity index is 366. The molecule has 3 heteroatoms. The first-order valence-corrected chi connectivity index (χ1v) is 8.07. The molecule has 1 aromatic rings. The van der Waals surface area contributed by atoms with Crippen molar-refractivity contribution < 1.29 is 4.74 Å². The Labute approximate surface area is 126 Å². The van der Waals surface area contributed by atoms with E-state index in [2.05, 4.69) is 54.2 Å². The Morgan fingerprint density at radius 3 is 2.68 bits per heavy atom. The highest BCUT2D eigenvalue weighted by atomic mass is 79.9. The van der Waals surface area contributed by atoms with E-state index in [1.165, 1.54) is 18.4 Å². The monoisotopic (exact) mass is 327 g/mol. The van der Waals surface area contributed by atoms with Gasteiger partial charge in [-0.25, -0.2) is 0 Å². The van der Waals surface area contributed by atoms with Gasteiger partial charge in [0.2, 0.25) is 0 Å². The zero-order chi connectivity index (χ0) is 14.1. The third-order valence-electron chi connectivity index (χ3n) is 3.03. The molecule has 1 aromatic carbocycles. The van der Waals surface area contributed by atoms with Crippen LogP contribution in [0.2, 0.25) is 0 Å². The van der Waals surface area contributed by atoms with Crippen molar-refractivity contribution in [2.24, 2.45) is 0 Å². The molecule has 0 aliphatic heterocycles. The average Bonchev–Trinajstić information content (AvgIpc) is 2.39. The van der Waals surface area contributed by atoms with E-state index in [4.69, 9.17) is 4.74 Å². The number of unbranched alkanes of at least 4 members (excludes halogenated alkanes) is 1. The van der Waals surface area contributed by atoms with Gasteiger partial charge in [0, 0.05) is 4.47 Å². The normalized spacial score (nSPS) is 11.0. The zero-order valence-corrected chi connectivity index (χ0v) is 13.9. The number of ether oxygens (including phenoxy) is 1. The van der Waals surface area contributed by atoms with Gasteiger partial charge in [-0.15, -0.1) is 0 Å². The van der Waals surface area contributed by atoms with Gasteiger partial charge in [-0.1, -0.05) is 36.7 Å². The lowest BCUT2D eigenvalue weighted by molar-refractivity contribution is 0.302. The lowest BCUT2D eigenvalue weighted by Gasteiger charge is -2.14. The second-order valence-corrected chi connectivity index (χ2v) is 6.06. The molecule has 0 saturated carbocycles. The fourth-order valence-electron chi connectivity index (χ4n) is 1.94. The molecule has 0 unspecified atom stereocenters. The van der Waals surface area contributed by atoms with E-state index in [9.17, 15) is 0 Å². The van der Waals surface area contributed by atoms with E-state index < -0.39 is 0 Å². The lowest BCUT2D eigenvalue weighted by Crippen LogP contribution is -2.16. The molecular weight excluding hydrogens is 302 g/mol. The maximum atomic E-state index is 5.91. The van der Waals surface area contributed by atoms with Gasteiger partial charge in [0.05, 0.1) is 6.61 Å². The third-order valence-corrected chi connectivity index (χ3v) is 3.52. The van der Waals surface area contributed by atoms with Crippen molar-refractivity contribution in [1.82, 2.24) is 5.32 Å². The standard InChI is InChI=1S/C16H26BrNO/c1-4-9-18-10-5-6-11-19-16-8-7-14(17)12-15(16)13(2)3/h7-8,12-13,18H,4-6,9-11H2,1-3H3. The SMILES string of the molecule is CCCNCCCCOc1ccc(Br)cc1C(C)C. The number of hydrogen-bond donors (Lipinski definition) is 1. The summed E-state index contributed by atoms with van der Waals surface area (Å²) in [5, 5.41) is 3.41. The molecule has 0 radical (unpaired) electrons. The summed E-state index contributed by atoms with van der Waals surface area (Å²) in [6.07, 6.45) is 3.48. The maximum absolute atomic E-state index is 5.91. The highest BCUT2D eigenvalue weighted by molar-refractivity contribution is 9.10. The van der Waals surface area contributed by atoms with Crippen molar-refractivity contribution in [1.29, 1.82) is 0 Å². The van der Waals surface area contributed by atoms with Gasteiger partial charge in [0.25, 0.3) is 0 Å². The van der Waals surface area contributed by atoms with Crippen LogP contribution in [0.25, 0.3) is 0 Å². The summed E-state index contributed by atoms with van der Waals surface area (Å²) < 4.78 is 7.03. The molecule has 0 fully saturated rings. The molecule has 0 heterocycles. The average molecular weight is 328 g/mol. The molecule has 0 atom stereocenters. The molecule has 0 aliphatic carbocycles. The first kappa shape index (κ1) is 16.5. The summed E-state index contributed by atoms with van der Waals surface area (Å²) >= 11 is 3.52. The number of halogens is 1. The molecule has 0 aliphatic rings. The number of nitrogens with one attached hydrogen (secondary N) is 1. The lowest BCUT2D eigenvalue weighted by atomic mass is 10.0. The highest BCUT2D eigenvalue weighted by Gasteiger charge is 2.08. The molecule has 0 amide bonds. The van der Waals surface area contributed by atoms with Crippen molar-refractivity contribution in [2.45, 2.75) is 46.0 Å². The van der Waals surface area contributed by atoms with Crippen LogP contribution in [0.15, 0.2) is 22.7 Å². The highest BCUT2D eigenvalue weighted by Crippen LogP contribution is 2.29. The van der Waals surface area contributed by atoms with Crippen molar-refractivity contribution in [3.63, 3.8) is 0 Å². The minimum absolute atomic E-state index is 0.485. The number of hydrogen-bond acceptors (Lipinski definition) is 2. The molecule has 0 spiro atoms.